The van der Waals surface area contributed by atoms with Gasteiger partial charge >= 0.3 is 0 Å². The number of unbranched alkanes of at least 4 members (excludes halogenated alkanes) is 1. The van der Waals surface area contributed by atoms with Gasteiger partial charge in [-0.25, -0.2) is 0 Å². The Kier molecular flexibility index (Phi) is 18.2. The van der Waals surface area contributed by atoms with Crippen molar-refractivity contribution in [1.29, 1.82) is 0 Å². The lowest BCUT2D eigenvalue weighted by molar-refractivity contribution is 0.264. The van der Waals surface area contributed by atoms with Crippen LogP contribution >= 0.6 is 0 Å². The van der Waals surface area contributed by atoms with Gasteiger partial charge in [0.15, 0.2) is 0 Å². The highest BCUT2D eigenvalue weighted by molar-refractivity contribution is 5.40. The van der Waals surface area contributed by atoms with Crippen molar-refractivity contribution in [2.45, 2.75) is 145 Å². The summed E-state index contributed by atoms with van der Waals surface area (Å²) in [6, 6.07) is 13.6. The van der Waals surface area contributed by atoms with Crippen LogP contribution in [0.25, 0.3) is 0 Å². The molecule has 0 bridgehead atoms. The lowest BCUT2D eigenvalue weighted by Crippen LogP contribution is -2.23. The predicted molar refractivity (Wildman–Crippen MR) is 170 cm³/mol. The summed E-state index contributed by atoms with van der Waals surface area (Å²) in [4.78, 5) is 0. The first-order valence-corrected chi connectivity index (χ1v) is 15.8. The maximum Gasteiger partial charge on any atom is 0.122 e. The normalized spacial score (nSPS) is 11.2. The molecular formula is C36H62O2. The van der Waals surface area contributed by atoms with Crippen LogP contribution < -0.4 is 9.47 Å². The van der Waals surface area contributed by atoms with Crippen LogP contribution in [0.4, 0.5) is 0 Å². The summed E-state index contributed by atoms with van der Waals surface area (Å²) in [5, 5.41) is 0. The molecule has 0 saturated heterocycles. The van der Waals surface area contributed by atoms with E-state index in [0.29, 0.717) is 10.8 Å². The molecule has 38 heavy (non-hydrogen) atoms. The van der Waals surface area contributed by atoms with E-state index in [-0.39, 0.29) is 0 Å². The third kappa shape index (κ3) is 9.35. The van der Waals surface area contributed by atoms with Crippen molar-refractivity contribution in [3.05, 3.63) is 58.7 Å². The molecule has 0 heterocycles. The van der Waals surface area contributed by atoms with Gasteiger partial charge < -0.3 is 9.47 Å². The highest BCUT2D eigenvalue weighted by atomic mass is 16.5. The average molecular weight is 527 g/mol. The van der Waals surface area contributed by atoms with Crippen molar-refractivity contribution < 1.29 is 9.47 Å². The summed E-state index contributed by atoms with van der Waals surface area (Å²) in [7, 11) is 0. The first-order chi connectivity index (χ1) is 18.3. The Morgan fingerprint density at radius 2 is 0.789 bits per heavy atom. The predicted octanol–water partition coefficient (Wildman–Crippen LogP) is 11.5. The molecule has 0 aliphatic heterocycles. The molecule has 0 aliphatic carbocycles. The molecule has 0 unspecified atom stereocenters. The molecule has 2 nitrogen and oxygen atoms in total. The highest BCUT2D eigenvalue weighted by Crippen LogP contribution is 2.38. The fourth-order valence-electron chi connectivity index (χ4n) is 5.58. The molecule has 0 N–H and O–H groups in total. The Morgan fingerprint density at radius 3 is 1.03 bits per heavy atom. The van der Waals surface area contributed by atoms with Gasteiger partial charge in [0.1, 0.15) is 11.5 Å². The fourth-order valence-corrected chi connectivity index (χ4v) is 5.58. The van der Waals surface area contributed by atoms with Crippen molar-refractivity contribution in [3.8, 4) is 11.5 Å². The number of aryl methyl sites for hydroxylation is 2. The minimum absolute atomic E-state index is 0.294. The Hall–Kier alpha value is -1.96. The maximum absolute atomic E-state index is 6.12. The summed E-state index contributed by atoms with van der Waals surface area (Å²) in [5.74, 6) is 2.03. The van der Waals surface area contributed by atoms with Gasteiger partial charge in [0.2, 0.25) is 0 Å². The number of rotatable bonds is 15. The van der Waals surface area contributed by atoms with E-state index in [1.54, 1.807) is 0 Å². The van der Waals surface area contributed by atoms with Gasteiger partial charge in [-0.3, -0.25) is 0 Å². The van der Waals surface area contributed by atoms with Crippen LogP contribution in [0.1, 0.15) is 143 Å². The minimum Gasteiger partial charge on any atom is -0.493 e. The van der Waals surface area contributed by atoms with Crippen molar-refractivity contribution in [1.82, 2.24) is 0 Å². The van der Waals surface area contributed by atoms with E-state index >= 15 is 0 Å². The second kappa shape index (κ2) is 19.2. The van der Waals surface area contributed by atoms with Crippen LogP contribution in [0.15, 0.2) is 36.4 Å². The van der Waals surface area contributed by atoms with E-state index in [9.17, 15) is 0 Å². The lowest BCUT2D eigenvalue weighted by atomic mass is 9.73. The molecule has 218 valence electrons. The summed E-state index contributed by atoms with van der Waals surface area (Å²) in [5.41, 5.74) is 5.98. The van der Waals surface area contributed by atoms with Gasteiger partial charge in [0.05, 0.1) is 13.2 Å². The second-order valence-corrected chi connectivity index (χ2v) is 10.0. The van der Waals surface area contributed by atoms with Gasteiger partial charge in [-0.2, -0.15) is 0 Å². The van der Waals surface area contributed by atoms with Crippen LogP contribution in [0.3, 0.4) is 0 Å². The standard InChI is InChI=1S/C32H50O2.2C2H6/c1-9-31(10-2,11-3)27-17-19-29(25(7)23-27)33-21-15-16-22-34-30-20-18-28(24-26(30)8)32(12-4,13-5)14-6;2*1-2/h17-20,23-24H,9-16,21-22H2,1-8H3;2*1-2H3. The van der Waals surface area contributed by atoms with E-state index in [2.05, 4.69) is 91.8 Å². The Balaban J connectivity index is 0.00000326. The first-order valence-electron chi connectivity index (χ1n) is 15.8. The van der Waals surface area contributed by atoms with Gasteiger partial charge in [-0.1, -0.05) is 93.5 Å². The number of hydrogen-bond acceptors (Lipinski definition) is 2. The molecule has 0 amide bonds. The van der Waals surface area contributed by atoms with Crippen LogP contribution in [0, 0.1) is 13.8 Å². The molecule has 2 rings (SSSR count). The number of hydrogen-bond donors (Lipinski definition) is 0. The number of ether oxygens (including phenoxy) is 2. The molecule has 0 aliphatic rings. The summed E-state index contributed by atoms with van der Waals surface area (Å²) in [6.07, 6.45) is 9.06. The average Bonchev–Trinajstić information content (AvgIpc) is 2.97. The van der Waals surface area contributed by atoms with Crippen molar-refractivity contribution in [3.63, 3.8) is 0 Å². The van der Waals surface area contributed by atoms with Gasteiger partial charge in [0.25, 0.3) is 0 Å². The minimum atomic E-state index is 0.294. The summed E-state index contributed by atoms with van der Waals surface area (Å²) >= 11 is 0. The zero-order valence-electron chi connectivity index (χ0n) is 27.4. The summed E-state index contributed by atoms with van der Waals surface area (Å²) < 4.78 is 12.2. The van der Waals surface area contributed by atoms with Gasteiger partial charge in [0, 0.05) is 0 Å². The Morgan fingerprint density at radius 1 is 0.500 bits per heavy atom. The molecule has 0 radical (unpaired) electrons. The van der Waals surface area contributed by atoms with Crippen molar-refractivity contribution in [2.75, 3.05) is 13.2 Å². The highest BCUT2D eigenvalue weighted by Gasteiger charge is 2.27. The van der Waals surface area contributed by atoms with Crippen LogP contribution in [-0.4, -0.2) is 13.2 Å². The summed E-state index contributed by atoms with van der Waals surface area (Å²) in [6.45, 7) is 27.6. The Labute approximate surface area is 237 Å². The van der Waals surface area contributed by atoms with E-state index in [1.807, 2.05) is 27.7 Å². The molecule has 0 saturated carbocycles. The first kappa shape index (κ1) is 36.0. The van der Waals surface area contributed by atoms with E-state index in [1.165, 1.54) is 60.8 Å². The molecule has 2 heteroatoms. The van der Waals surface area contributed by atoms with E-state index < -0.39 is 0 Å². The zero-order chi connectivity index (χ0) is 29.2. The monoisotopic (exact) mass is 526 g/mol. The molecule has 0 spiro atoms. The third-order valence-corrected chi connectivity index (χ3v) is 8.69. The Bertz CT molecular complexity index is 785. The quantitative estimate of drug-likeness (QED) is 0.215. The molecular weight excluding hydrogens is 464 g/mol. The molecule has 0 aromatic heterocycles. The fraction of sp³-hybridized carbons (Fsp3) is 0.667. The number of benzene rings is 2. The SMILES string of the molecule is CC.CC.CCC(CC)(CC)c1ccc(OCCCCOc2ccc(C(CC)(CC)CC)cc2C)c(C)c1. The smallest absolute Gasteiger partial charge is 0.122 e. The van der Waals surface area contributed by atoms with E-state index in [0.717, 1.165) is 37.6 Å². The van der Waals surface area contributed by atoms with Crippen molar-refractivity contribution >= 4 is 0 Å². The van der Waals surface area contributed by atoms with Crippen LogP contribution in [-0.2, 0) is 10.8 Å². The largest absolute Gasteiger partial charge is 0.493 e. The van der Waals surface area contributed by atoms with Crippen LogP contribution in [0.5, 0.6) is 11.5 Å². The molecule has 0 atom stereocenters. The topological polar surface area (TPSA) is 18.5 Å². The third-order valence-electron chi connectivity index (χ3n) is 8.69. The lowest BCUT2D eigenvalue weighted by Gasteiger charge is -2.31. The van der Waals surface area contributed by atoms with Gasteiger partial charge in [-0.05, 0) is 110 Å². The molecule has 2 aromatic rings. The van der Waals surface area contributed by atoms with Crippen LogP contribution in [0.2, 0.25) is 0 Å². The second-order valence-electron chi connectivity index (χ2n) is 10.0. The molecule has 2 aromatic carbocycles. The maximum atomic E-state index is 6.12. The zero-order valence-corrected chi connectivity index (χ0v) is 27.4. The van der Waals surface area contributed by atoms with Gasteiger partial charge in [-0.15, -0.1) is 0 Å². The molecule has 0 fully saturated rings. The van der Waals surface area contributed by atoms with E-state index in [4.69, 9.17) is 9.47 Å². The van der Waals surface area contributed by atoms with Crippen molar-refractivity contribution in [2.24, 2.45) is 0 Å².